The number of rotatable bonds is 4. The lowest BCUT2D eigenvalue weighted by Crippen LogP contribution is -2.23. The molecule has 1 N–H and O–H groups in total. The van der Waals surface area contributed by atoms with Crippen LogP contribution < -0.4 is 5.32 Å². The van der Waals surface area contributed by atoms with Gasteiger partial charge in [0, 0.05) is 17.1 Å². The molecule has 19 heavy (non-hydrogen) atoms. The molecule has 0 atom stereocenters. The third-order valence-corrected chi connectivity index (χ3v) is 2.75. The summed E-state index contributed by atoms with van der Waals surface area (Å²) in [6.07, 6.45) is -5.72. The molecule has 0 aliphatic carbocycles. The minimum absolute atomic E-state index is 0.191. The molecule has 0 aliphatic heterocycles. The van der Waals surface area contributed by atoms with E-state index in [0.717, 1.165) is 0 Å². The summed E-state index contributed by atoms with van der Waals surface area (Å²) in [6.45, 7) is -1.44. The fraction of sp³-hybridized carbons (Fsp3) is 0.364. The highest BCUT2D eigenvalue weighted by atomic mass is 79.9. The highest BCUT2D eigenvalue weighted by Gasteiger charge is 2.29. The normalized spacial score (nSPS) is 11.2. The summed E-state index contributed by atoms with van der Waals surface area (Å²) in [7, 11) is 1.46. The van der Waals surface area contributed by atoms with Crippen molar-refractivity contribution in [3.8, 4) is 0 Å². The van der Waals surface area contributed by atoms with Gasteiger partial charge in [-0.2, -0.15) is 13.2 Å². The Labute approximate surface area is 116 Å². The van der Waals surface area contributed by atoms with Gasteiger partial charge in [0.1, 0.15) is 0 Å². The maximum absolute atomic E-state index is 11.9. The number of halogens is 4. The van der Waals surface area contributed by atoms with Crippen LogP contribution in [0, 0.1) is 0 Å². The largest absolute Gasteiger partial charge is 0.440 e. The first kappa shape index (κ1) is 15.8. The molecule has 0 unspecified atom stereocenters. The van der Waals surface area contributed by atoms with E-state index < -0.39 is 18.9 Å². The second-order valence-electron chi connectivity index (χ2n) is 3.52. The fourth-order valence-corrected chi connectivity index (χ4v) is 1.74. The van der Waals surface area contributed by atoms with Gasteiger partial charge in [-0.3, -0.25) is 5.32 Å². The molecule has 0 spiro atoms. The average molecular weight is 342 g/mol. The van der Waals surface area contributed by atoms with Crippen LogP contribution >= 0.6 is 15.9 Å². The van der Waals surface area contributed by atoms with Crippen LogP contribution in [0.25, 0.3) is 0 Å². The van der Waals surface area contributed by atoms with Gasteiger partial charge in [0.15, 0.2) is 6.61 Å². The number of methoxy groups -OCH3 is 1. The SMILES string of the molecule is COCc1c(Br)cccc1NC(=O)OCC(F)(F)F. The maximum Gasteiger partial charge on any atom is 0.422 e. The Morgan fingerprint density at radius 3 is 2.68 bits per heavy atom. The highest BCUT2D eigenvalue weighted by molar-refractivity contribution is 9.10. The van der Waals surface area contributed by atoms with Crippen LogP contribution in [0.3, 0.4) is 0 Å². The number of amides is 1. The minimum Gasteiger partial charge on any atom is -0.440 e. The molecule has 106 valence electrons. The van der Waals surface area contributed by atoms with Gasteiger partial charge in [-0.15, -0.1) is 0 Å². The van der Waals surface area contributed by atoms with Crippen LogP contribution in [0.5, 0.6) is 0 Å². The zero-order chi connectivity index (χ0) is 14.5. The lowest BCUT2D eigenvalue weighted by molar-refractivity contribution is -0.159. The number of ether oxygens (including phenoxy) is 2. The molecular weight excluding hydrogens is 331 g/mol. The lowest BCUT2D eigenvalue weighted by atomic mass is 10.2. The van der Waals surface area contributed by atoms with Crippen molar-refractivity contribution < 1.29 is 27.4 Å². The van der Waals surface area contributed by atoms with E-state index in [-0.39, 0.29) is 6.61 Å². The molecule has 0 aliphatic rings. The van der Waals surface area contributed by atoms with Crippen LogP contribution in [0.2, 0.25) is 0 Å². The van der Waals surface area contributed by atoms with E-state index in [4.69, 9.17) is 4.74 Å². The quantitative estimate of drug-likeness (QED) is 0.908. The van der Waals surface area contributed by atoms with Gasteiger partial charge in [-0.1, -0.05) is 22.0 Å². The monoisotopic (exact) mass is 341 g/mol. The van der Waals surface area contributed by atoms with Gasteiger partial charge in [0.25, 0.3) is 0 Å². The molecule has 0 radical (unpaired) electrons. The Hall–Kier alpha value is -1.28. The van der Waals surface area contributed by atoms with E-state index in [1.165, 1.54) is 13.2 Å². The van der Waals surface area contributed by atoms with Gasteiger partial charge < -0.3 is 9.47 Å². The van der Waals surface area contributed by atoms with E-state index in [0.29, 0.717) is 15.7 Å². The molecule has 1 aromatic carbocycles. The standard InChI is InChI=1S/C11H11BrF3NO3/c1-18-5-7-8(12)3-2-4-9(7)16-10(17)19-6-11(13,14)15/h2-4H,5-6H2,1H3,(H,16,17). The summed E-state index contributed by atoms with van der Waals surface area (Å²) >= 11 is 3.26. The Bertz CT molecular complexity index is 451. The van der Waals surface area contributed by atoms with Crippen molar-refractivity contribution in [2.75, 3.05) is 19.0 Å². The number of carbonyl (C=O) groups is 1. The zero-order valence-electron chi connectivity index (χ0n) is 9.88. The number of hydrogen-bond donors (Lipinski definition) is 1. The van der Waals surface area contributed by atoms with E-state index in [1.807, 2.05) is 0 Å². The van der Waals surface area contributed by atoms with E-state index in [2.05, 4.69) is 26.0 Å². The average Bonchev–Trinajstić information content (AvgIpc) is 2.30. The zero-order valence-corrected chi connectivity index (χ0v) is 11.5. The Balaban J connectivity index is 2.71. The summed E-state index contributed by atoms with van der Waals surface area (Å²) in [5, 5.41) is 2.24. The summed E-state index contributed by atoms with van der Waals surface area (Å²) in [5.41, 5.74) is 0.928. The van der Waals surface area contributed by atoms with Crippen LogP contribution in [0.1, 0.15) is 5.56 Å². The number of carbonyl (C=O) groups excluding carboxylic acids is 1. The topological polar surface area (TPSA) is 47.6 Å². The molecule has 0 bridgehead atoms. The Morgan fingerprint density at radius 2 is 2.11 bits per heavy atom. The summed E-state index contributed by atoms with van der Waals surface area (Å²) in [6, 6.07) is 4.89. The predicted molar refractivity (Wildman–Crippen MR) is 65.9 cm³/mol. The van der Waals surface area contributed by atoms with Crippen LogP contribution in [-0.4, -0.2) is 26.0 Å². The molecule has 0 fully saturated rings. The van der Waals surface area contributed by atoms with Crippen molar-refractivity contribution in [3.63, 3.8) is 0 Å². The Morgan fingerprint density at radius 1 is 1.42 bits per heavy atom. The molecule has 4 nitrogen and oxygen atoms in total. The number of nitrogens with one attached hydrogen (secondary N) is 1. The summed E-state index contributed by atoms with van der Waals surface area (Å²) < 4.78 is 45.3. The maximum atomic E-state index is 11.9. The van der Waals surface area contributed by atoms with Gasteiger partial charge in [0.05, 0.1) is 12.3 Å². The van der Waals surface area contributed by atoms with Crippen molar-refractivity contribution in [1.29, 1.82) is 0 Å². The van der Waals surface area contributed by atoms with Gasteiger partial charge in [-0.25, -0.2) is 4.79 Å². The number of benzene rings is 1. The van der Waals surface area contributed by atoms with Crippen molar-refractivity contribution in [2.45, 2.75) is 12.8 Å². The Kier molecular flexibility index (Phi) is 5.61. The molecule has 1 amide bonds. The molecule has 0 saturated carbocycles. The first-order chi connectivity index (χ1) is 8.83. The summed E-state index contributed by atoms with van der Waals surface area (Å²) in [5.74, 6) is 0. The highest BCUT2D eigenvalue weighted by Crippen LogP contribution is 2.25. The van der Waals surface area contributed by atoms with Gasteiger partial charge in [-0.05, 0) is 12.1 Å². The molecule has 1 aromatic rings. The lowest BCUT2D eigenvalue weighted by Gasteiger charge is -2.13. The third-order valence-electron chi connectivity index (χ3n) is 2.01. The minimum atomic E-state index is -4.55. The van der Waals surface area contributed by atoms with Gasteiger partial charge in [0.2, 0.25) is 0 Å². The molecule has 8 heteroatoms. The number of hydrogen-bond acceptors (Lipinski definition) is 3. The smallest absolute Gasteiger partial charge is 0.422 e. The van der Waals surface area contributed by atoms with Crippen LogP contribution in [0.15, 0.2) is 22.7 Å². The summed E-state index contributed by atoms with van der Waals surface area (Å²) in [4.78, 5) is 11.2. The van der Waals surface area contributed by atoms with Crippen molar-refractivity contribution in [1.82, 2.24) is 0 Å². The second-order valence-corrected chi connectivity index (χ2v) is 4.37. The number of anilines is 1. The molecule has 0 saturated heterocycles. The van der Waals surface area contributed by atoms with Crippen molar-refractivity contribution in [2.24, 2.45) is 0 Å². The molecular formula is C11H11BrF3NO3. The van der Waals surface area contributed by atoms with Crippen LogP contribution in [-0.2, 0) is 16.1 Å². The first-order valence-electron chi connectivity index (χ1n) is 5.10. The van der Waals surface area contributed by atoms with Crippen LogP contribution in [0.4, 0.5) is 23.7 Å². The van der Waals surface area contributed by atoms with Crippen molar-refractivity contribution >= 4 is 27.7 Å². The fourth-order valence-electron chi connectivity index (χ4n) is 1.26. The van der Waals surface area contributed by atoms with E-state index in [1.54, 1.807) is 12.1 Å². The van der Waals surface area contributed by atoms with E-state index in [9.17, 15) is 18.0 Å². The molecule has 1 rings (SSSR count). The molecule has 0 heterocycles. The third kappa shape index (κ3) is 5.48. The van der Waals surface area contributed by atoms with E-state index >= 15 is 0 Å². The predicted octanol–water partition coefficient (Wildman–Crippen LogP) is 3.71. The molecule has 0 aromatic heterocycles. The first-order valence-corrected chi connectivity index (χ1v) is 5.89. The second kappa shape index (κ2) is 6.76. The van der Waals surface area contributed by atoms with Crippen molar-refractivity contribution in [3.05, 3.63) is 28.2 Å². The van der Waals surface area contributed by atoms with Gasteiger partial charge >= 0.3 is 12.3 Å². The number of alkyl halides is 3.